The summed E-state index contributed by atoms with van der Waals surface area (Å²) in [7, 11) is 1.08. The van der Waals surface area contributed by atoms with E-state index >= 15 is 0 Å². The van der Waals surface area contributed by atoms with E-state index in [-0.39, 0.29) is 0 Å². The summed E-state index contributed by atoms with van der Waals surface area (Å²) in [5.74, 6) is -3.85. The van der Waals surface area contributed by atoms with E-state index in [1.165, 1.54) is 0 Å². The molecule has 112 valence electrons. The fourth-order valence-corrected chi connectivity index (χ4v) is 3.00. The Kier molecular flexibility index (Phi) is 4.36. The predicted molar refractivity (Wildman–Crippen MR) is 65.9 cm³/mol. The Morgan fingerprint density at radius 2 is 2.00 bits per heavy atom. The van der Waals surface area contributed by atoms with Crippen molar-refractivity contribution < 1.29 is 26.7 Å². The lowest BCUT2D eigenvalue weighted by atomic mass is 10.2. The third kappa shape index (κ3) is 5.48. The van der Waals surface area contributed by atoms with Gasteiger partial charge in [0, 0.05) is 17.1 Å². The highest BCUT2D eigenvalue weighted by molar-refractivity contribution is 8.13. The van der Waals surface area contributed by atoms with Gasteiger partial charge in [-0.25, -0.2) is 22.0 Å². The third-order valence-electron chi connectivity index (χ3n) is 2.40. The van der Waals surface area contributed by atoms with E-state index < -0.39 is 51.4 Å². The summed E-state index contributed by atoms with van der Waals surface area (Å²) in [6.07, 6.45) is -1.70. The van der Waals surface area contributed by atoms with Gasteiger partial charge in [0.05, 0.1) is 18.3 Å². The fourth-order valence-electron chi connectivity index (χ4n) is 1.81. The molecule has 0 aromatic carbocycles. The van der Waals surface area contributed by atoms with Crippen LogP contribution in [0.15, 0.2) is 0 Å². The summed E-state index contributed by atoms with van der Waals surface area (Å²) in [6.45, 7) is 3.91. The Hall–Kier alpha value is -0.630. The van der Waals surface area contributed by atoms with E-state index in [9.17, 15) is 22.0 Å². The molecule has 1 aliphatic rings. The highest BCUT2D eigenvalue weighted by Crippen LogP contribution is 2.34. The van der Waals surface area contributed by atoms with Gasteiger partial charge in [-0.15, -0.1) is 0 Å². The molecule has 1 atom stereocenters. The van der Waals surface area contributed by atoms with Gasteiger partial charge in [0.15, 0.2) is 0 Å². The van der Waals surface area contributed by atoms with Crippen molar-refractivity contribution in [1.82, 2.24) is 4.90 Å². The first-order valence-corrected chi connectivity index (χ1v) is 8.07. The van der Waals surface area contributed by atoms with Crippen molar-refractivity contribution in [2.24, 2.45) is 0 Å². The van der Waals surface area contributed by atoms with Gasteiger partial charge in [0.2, 0.25) is 9.05 Å². The quantitative estimate of drug-likeness (QED) is 0.732. The molecule has 19 heavy (non-hydrogen) atoms. The Bertz CT molecular complexity index is 461. The Morgan fingerprint density at radius 3 is 2.42 bits per heavy atom. The summed E-state index contributed by atoms with van der Waals surface area (Å²) < 4.78 is 53.6. The normalized spacial score (nSPS) is 23.5. The molecular weight excluding hydrogens is 304 g/mol. The molecule has 1 aliphatic heterocycles. The fraction of sp³-hybridized carbons (Fsp3) is 0.900. The van der Waals surface area contributed by atoms with Crippen molar-refractivity contribution in [3.05, 3.63) is 0 Å². The molecule has 1 fully saturated rings. The van der Waals surface area contributed by atoms with Crippen LogP contribution in [0.4, 0.5) is 13.6 Å². The molecule has 1 saturated heterocycles. The van der Waals surface area contributed by atoms with Gasteiger partial charge in [-0.1, -0.05) is 0 Å². The van der Waals surface area contributed by atoms with Crippen molar-refractivity contribution in [3.63, 3.8) is 0 Å². The number of hydrogen-bond donors (Lipinski definition) is 0. The lowest BCUT2D eigenvalue weighted by Gasteiger charge is -2.27. The van der Waals surface area contributed by atoms with E-state index in [0.29, 0.717) is 0 Å². The van der Waals surface area contributed by atoms with Gasteiger partial charge < -0.3 is 4.74 Å². The molecule has 0 bridgehead atoms. The molecule has 0 aromatic rings. The number of halogens is 3. The Morgan fingerprint density at radius 1 is 1.47 bits per heavy atom. The molecule has 0 spiro atoms. The van der Waals surface area contributed by atoms with Gasteiger partial charge in [-0.2, -0.15) is 0 Å². The van der Waals surface area contributed by atoms with Crippen molar-refractivity contribution >= 4 is 25.8 Å². The molecule has 0 N–H and O–H groups in total. The standard InChI is InChI=1S/C10H16ClF2NO4S/c1-9(2,3)18-8(15)14-6-10(12,13)4-7(14)5-19(11,16)17/h7H,4-6H2,1-3H3. The molecule has 0 saturated carbocycles. The molecule has 0 aromatic heterocycles. The topological polar surface area (TPSA) is 63.7 Å². The maximum Gasteiger partial charge on any atom is 0.410 e. The molecule has 1 heterocycles. The maximum absolute atomic E-state index is 13.3. The average molecular weight is 320 g/mol. The summed E-state index contributed by atoms with van der Waals surface area (Å²) in [4.78, 5) is 12.5. The van der Waals surface area contributed by atoms with Gasteiger partial charge in [0.25, 0.3) is 5.92 Å². The molecule has 1 amide bonds. The SMILES string of the molecule is CC(C)(C)OC(=O)N1CC(F)(F)CC1CS(=O)(=O)Cl. The number of amides is 1. The van der Waals surface area contributed by atoms with Crippen LogP contribution in [0.1, 0.15) is 27.2 Å². The molecule has 1 rings (SSSR count). The minimum Gasteiger partial charge on any atom is -0.444 e. The zero-order valence-corrected chi connectivity index (χ0v) is 12.4. The highest BCUT2D eigenvalue weighted by Gasteiger charge is 2.49. The average Bonchev–Trinajstić information content (AvgIpc) is 2.34. The van der Waals surface area contributed by atoms with Crippen LogP contribution in [0.2, 0.25) is 0 Å². The lowest BCUT2D eigenvalue weighted by Crippen LogP contribution is -2.42. The van der Waals surface area contributed by atoms with E-state index in [2.05, 4.69) is 0 Å². The van der Waals surface area contributed by atoms with Crippen LogP contribution in [0.25, 0.3) is 0 Å². The van der Waals surface area contributed by atoms with Gasteiger partial charge in [-0.05, 0) is 20.8 Å². The third-order valence-corrected chi connectivity index (χ3v) is 3.56. The van der Waals surface area contributed by atoms with Crippen LogP contribution in [0.3, 0.4) is 0 Å². The number of carbonyl (C=O) groups excluding carboxylic acids is 1. The molecule has 0 aliphatic carbocycles. The minimum atomic E-state index is -3.98. The van der Waals surface area contributed by atoms with Crippen molar-refractivity contribution in [3.8, 4) is 0 Å². The molecular formula is C10H16ClF2NO4S. The first-order chi connectivity index (χ1) is 8.29. The van der Waals surface area contributed by atoms with E-state index in [1.807, 2.05) is 0 Å². The van der Waals surface area contributed by atoms with E-state index in [4.69, 9.17) is 15.4 Å². The van der Waals surface area contributed by atoms with Crippen molar-refractivity contribution in [2.75, 3.05) is 12.3 Å². The van der Waals surface area contributed by atoms with Crippen LogP contribution < -0.4 is 0 Å². The van der Waals surface area contributed by atoms with Crippen LogP contribution in [0.5, 0.6) is 0 Å². The number of ether oxygens (including phenoxy) is 1. The summed E-state index contributed by atoms with van der Waals surface area (Å²) in [6, 6.07) is -1.17. The second kappa shape index (κ2) is 5.05. The molecule has 9 heteroatoms. The number of rotatable bonds is 2. The zero-order valence-electron chi connectivity index (χ0n) is 10.8. The summed E-state index contributed by atoms with van der Waals surface area (Å²) >= 11 is 0. The molecule has 1 unspecified atom stereocenters. The number of nitrogens with zero attached hydrogens (tertiary/aromatic N) is 1. The number of alkyl halides is 2. The van der Waals surface area contributed by atoms with Crippen molar-refractivity contribution in [2.45, 2.75) is 44.8 Å². The predicted octanol–water partition coefficient (Wildman–Crippen LogP) is 2.20. The van der Waals surface area contributed by atoms with E-state index in [1.54, 1.807) is 20.8 Å². The van der Waals surface area contributed by atoms with Gasteiger partial charge in [0.1, 0.15) is 5.60 Å². The van der Waals surface area contributed by atoms with Crippen molar-refractivity contribution in [1.29, 1.82) is 0 Å². The lowest BCUT2D eigenvalue weighted by molar-refractivity contribution is -0.00229. The molecule has 0 radical (unpaired) electrons. The zero-order chi connectivity index (χ0) is 15.1. The van der Waals surface area contributed by atoms with Crippen LogP contribution in [0, 0.1) is 0 Å². The number of hydrogen-bond acceptors (Lipinski definition) is 4. The minimum absolute atomic E-state index is 0.719. The summed E-state index contributed by atoms with van der Waals surface area (Å²) in [5, 5.41) is 0. The van der Waals surface area contributed by atoms with Crippen LogP contribution in [-0.2, 0) is 13.8 Å². The van der Waals surface area contributed by atoms with Crippen LogP contribution in [-0.4, -0.2) is 49.3 Å². The number of carbonyl (C=O) groups is 1. The van der Waals surface area contributed by atoms with Gasteiger partial charge in [-0.3, -0.25) is 4.90 Å². The Labute approximate surface area is 115 Å². The summed E-state index contributed by atoms with van der Waals surface area (Å²) in [5.41, 5.74) is -0.848. The Balaban J connectivity index is 2.86. The largest absolute Gasteiger partial charge is 0.444 e. The smallest absolute Gasteiger partial charge is 0.410 e. The second-order valence-corrected chi connectivity index (χ2v) is 8.35. The second-order valence-electron chi connectivity index (χ2n) is 5.53. The van der Waals surface area contributed by atoms with E-state index in [0.717, 1.165) is 4.90 Å². The first-order valence-electron chi connectivity index (χ1n) is 5.59. The maximum atomic E-state index is 13.3. The monoisotopic (exact) mass is 319 g/mol. The number of likely N-dealkylation sites (tertiary alicyclic amines) is 1. The van der Waals surface area contributed by atoms with Gasteiger partial charge >= 0.3 is 6.09 Å². The molecule has 5 nitrogen and oxygen atoms in total. The highest BCUT2D eigenvalue weighted by atomic mass is 35.7. The first kappa shape index (κ1) is 16.4. The van der Waals surface area contributed by atoms with Crippen LogP contribution >= 0.6 is 10.7 Å².